The van der Waals surface area contributed by atoms with E-state index < -0.39 is 38.1 Å². The Morgan fingerprint density at radius 2 is 1.81 bits per heavy atom. The number of benzene rings is 2. The number of likely N-dealkylation sites (N-methyl/N-ethyl adjacent to an activating group) is 1. The zero-order chi connectivity index (χ0) is 26.8. The molecule has 12 heteroatoms. The quantitative estimate of drug-likeness (QED) is 0.523. The molecule has 1 aliphatic heterocycles. The van der Waals surface area contributed by atoms with Gasteiger partial charge in [-0.05, 0) is 44.2 Å². The van der Waals surface area contributed by atoms with Crippen molar-refractivity contribution in [2.24, 2.45) is 5.92 Å². The first kappa shape index (κ1) is 27.9. The number of nitrogens with one attached hydrogen (secondary N) is 1. The van der Waals surface area contributed by atoms with Crippen LogP contribution < -0.4 is 9.46 Å². The van der Waals surface area contributed by atoms with Gasteiger partial charge < -0.3 is 14.7 Å². The number of carbonyl (C=O) groups is 1. The molecule has 0 aromatic heterocycles. The molecule has 10 nitrogen and oxygen atoms in total. The van der Waals surface area contributed by atoms with Gasteiger partial charge in [0.05, 0.1) is 35.9 Å². The number of aryl methyl sites for hydroxylation is 1. The number of rotatable bonds is 8. The molecule has 198 valence electrons. The van der Waals surface area contributed by atoms with Crippen LogP contribution in [0.2, 0.25) is 0 Å². The maximum absolute atomic E-state index is 13.4. The summed E-state index contributed by atoms with van der Waals surface area (Å²) in [5, 5.41) is 9.77. The van der Waals surface area contributed by atoms with Gasteiger partial charge in [-0.25, -0.2) is 16.8 Å². The summed E-state index contributed by atoms with van der Waals surface area (Å²) in [5.74, 6) is -0.512. The Kier molecular flexibility index (Phi) is 8.33. The fourth-order valence-corrected chi connectivity index (χ4v) is 5.70. The first-order valence-corrected chi connectivity index (χ1v) is 14.8. The third-order valence-corrected chi connectivity index (χ3v) is 8.58. The number of nitrogens with zero attached hydrogens (tertiary/aromatic N) is 2. The second-order valence-corrected chi connectivity index (χ2v) is 13.1. The first-order chi connectivity index (χ1) is 16.7. The molecule has 1 aliphatic rings. The van der Waals surface area contributed by atoms with E-state index in [9.17, 15) is 26.7 Å². The summed E-state index contributed by atoms with van der Waals surface area (Å²) < 4.78 is 59.5. The minimum atomic E-state index is -3.79. The van der Waals surface area contributed by atoms with Crippen LogP contribution in [0.15, 0.2) is 47.4 Å². The molecule has 2 N–H and O–H groups in total. The van der Waals surface area contributed by atoms with E-state index >= 15 is 0 Å². The molecule has 0 radical (unpaired) electrons. The number of amides is 1. The second kappa shape index (κ2) is 10.8. The average Bonchev–Trinajstić information content (AvgIpc) is 2.80. The molecule has 0 saturated heterocycles. The van der Waals surface area contributed by atoms with E-state index in [1.807, 2.05) is 13.8 Å². The van der Waals surface area contributed by atoms with Gasteiger partial charge in [0.2, 0.25) is 20.0 Å². The predicted octanol–water partition coefficient (Wildman–Crippen LogP) is 1.91. The zero-order valence-electron chi connectivity index (χ0n) is 21.0. The van der Waals surface area contributed by atoms with Gasteiger partial charge in [0, 0.05) is 25.2 Å². The molecule has 1 amide bonds. The molecule has 3 atom stereocenters. The highest BCUT2D eigenvalue weighted by Crippen LogP contribution is 2.31. The summed E-state index contributed by atoms with van der Waals surface area (Å²) in [6, 6.07) is 10.4. The number of ether oxygens (including phenoxy) is 1. The molecule has 3 rings (SSSR count). The van der Waals surface area contributed by atoms with Crippen LogP contribution in [0.25, 0.3) is 0 Å². The summed E-state index contributed by atoms with van der Waals surface area (Å²) in [5.41, 5.74) is 1.25. The SMILES string of the molecule is Cc1ccc(S(=O)(=O)N(C)C[C@H]2Oc3ccc(NS(C)(=O)=O)cc3C(=O)N([C@@H](C)CO)C[C@H]2C)cc1. The van der Waals surface area contributed by atoms with Crippen molar-refractivity contribution in [1.82, 2.24) is 9.21 Å². The van der Waals surface area contributed by atoms with E-state index in [1.165, 1.54) is 34.5 Å². The third kappa shape index (κ3) is 6.36. The lowest BCUT2D eigenvalue weighted by molar-refractivity contribution is 0.0387. The van der Waals surface area contributed by atoms with Crippen molar-refractivity contribution >= 4 is 31.6 Å². The summed E-state index contributed by atoms with van der Waals surface area (Å²) >= 11 is 0. The van der Waals surface area contributed by atoms with Crippen LogP contribution in [0.1, 0.15) is 29.8 Å². The van der Waals surface area contributed by atoms with Gasteiger partial charge >= 0.3 is 0 Å². The van der Waals surface area contributed by atoms with Crippen molar-refractivity contribution in [3.05, 3.63) is 53.6 Å². The zero-order valence-corrected chi connectivity index (χ0v) is 22.6. The van der Waals surface area contributed by atoms with Gasteiger partial charge in [0.1, 0.15) is 11.9 Å². The molecular formula is C24H33N3O7S2. The van der Waals surface area contributed by atoms with E-state index in [2.05, 4.69) is 4.72 Å². The minimum absolute atomic E-state index is 0.00962. The number of hydrogen-bond acceptors (Lipinski definition) is 7. The number of carbonyl (C=O) groups excluding carboxylic acids is 1. The van der Waals surface area contributed by atoms with E-state index in [0.29, 0.717) is 0 Å². The number of hydrogen-bond donors (Lipinski definition) is 2. The first-order valence-electron chi connectivity index (χ1n) is 11.5. The van der Waals surface area contributed by atoms with E-state index in [1.54, 1.807) is 31.2 Å². The van der Waals surface area contributed by atoms with Crippen molar-refractivity contribution < 1.29 is 31.5 Å². The molecule has 2 aromatic carbocycles. The number of fused-ring (bicyclic) bond motifs is 1. The Hall–Kier alpha value is -2.67. The van der Waals surface area contributed by atoms with Crippen LogP contribution in [-0.2, 0) is 20.0 Å². The molecular weight excluding hydrogens is 506 g/mol. The maximum Gasteiger partial charge on any atom is 0.258 e. The normalized spacial score (nSPS) is 19.8. The molecule has 1 heterocycles. The van der Waals surface area contributed by atoms with Gasteiger partial charge in [-0.15, -0.1) is 0 Å². The Labute approximate surface area is 213 Å². The van der Waals surface area contributed by atoms with Crippen LogP contribution in [0.5, 0.6) is 5.75 Å². The van der Waals surface area contributed by atoms with Gasteiger partial charge in [-0.1, -0.05) is 24.6 Å². The molecule has 0 unspecified atom stereocenters. The lowest BCUT2D eigenvalue weighted by Crippen LogP contribution is -2.50. The molecule has 0 aliphatic carbocycles. The van der Waals surface area contributed by atoms with Gasteiger partial charge in [0.25, 0.3) is 5.91 Å². The van der Waals surface area contributed by atoms with E-state index in [4.69, 9.17) is 4.74 Å². The maximum atomic E-state index is 13.4. The number of aliphatic hydroxyl groups excluding tert-OH is 1. The molecule has 0 saturated carbocycles. The fourth-order valence-electron chi connectivity index (χ4n) is 3.96. The summed E-state index contributed by atoms with van der Waals surface area (Å²) in [4.78, 5) is 15.1. The third-order valence-electron chi connectivity index (χ3n) is 6.13. The van der Waals surface area contributed by atoms with Crippen LogP contribution >= 0.6 is 0 Å². The van der Waals surface area contributed by atoms with Crippen LogP contribution in [0.4, 0.5) is 5.69 Å². The minimum Gasteiger partial charge on any atom is -0.488 e. The standard InChI is InChI=1S/C24H33N3O7S2/c1-16-6-9-20(10-7-16)36(32,33)26(4)14-23-17(2)13-27(18(3)15-28)24(29)21-12-19(25-35(5,30)31)8-11-22(21)34-23/h6-12,17-18,23,25,28H,13-15H2,1-5H3/t17-,18+,23-/m1/s1. The smallest absolute Gasteiger partial charge is 0.258 e. The van der Waals surface area contributed by atoms with Crippen molar-refractivity contribution in [3.8, 4) is 5.75 Å². The molecule has 2 aromatic rings. The van der Waals surface area contributed by atoms with Crippen molar-refractivity contribution in [1.29, 1.82) is 0 Å². The van der Waals surface area contributed by atoms with Crippen LogP contribution in [0.3, 0.4) is 0 Å². The van der Waals surface area contributed by atoms with Gasteiger partial charge in [-0.3, -0.25) is 9.52 Å². The van der Waals surface area contributed by atoms with Crippen LogP contribution in [-0.4, -0.2) is 82.2 Å². The number of anilines is 1. The topological polar surface area (TPSA) is 133 Å². The highest BCUT2D eigenvalue weighted by atomic mass is 32.2. The number of sulfonamides is 2. The molecule has 36 heavy (non-hydrogen) atoms. The fraction of sp³-hybridized carbons (Fsp3) is 0.458. The lowest BCUT2D eigenvalue weighted by atomic mass is 9.99. The Bertz CT molecular complexity index is 1310. The molecule has 0 bridgehead atoms. The highest BCUT2D eigenvalue weighted by molar-refractivity contribution is 7.92. The molecule has 0 fully saturated rings. The predicted molar refractivity (Wildman–Crippen MR) is 137 cm³/mol. The second-order valence-electron chi connectivity index (χ2n) is 9.31. The average molecular weight is 540 g/mol. The van der Waals surface area contributed by atoms with Crippen molar-refractivity contribution in [2.45, 2.75) is 37.8 Å². The number of aliphatic hydroxyl groups is 1. The van der Waals surface area contributed by atoms with Crippen molar-refractivity contribution in [3.63, 3.8) is 0 Å². The van der Waals surface area contributed by atoms with E-state index in [0.717, 1.165) is 11.8 Å². The van der Waals surface area contributed by atoms with Gasteiger partial charge in [0.15, 0.2) is 0 Å². The Morgan fingerprint density at radius 3 is 2.39 bits per heavy atom. The Morgan fingerprint density at radius 1 is 1.17 bits per heavy atom. The monoisotopic (exact) mass is 539 g/mol. The Balaban J connectivity index is 1.99. The van der Waals surface area contributed by atoms with Crippen molar-refractivity contribution in [2.75, 3.05) is 37.7 Å². The summed E-state index contributed by atoms with van der Waals surface area (Å²) in [6.07, 6.45) is 0.369. The van der Waals surface area contributed by atoms with Crippen LogP contribution in [0, 0.1) is 12.8 Å². The highest BCUT2D eigenvalue weighted by Gasteiger charge is 2.35. The summed E-state index contributed by atoms with van der Waals surface area (Å²) in [7, 11) is -5.90. The molecule has 0 spiro atoms. The lowest BCUT2D eigenvalue weighted by Gasteiger charge is -2.38. The summed E-state index contributed by atoms with van der Waals surface area (Å²) in [6.45, 7) is 5.37. The van der Waals surface area contributed by atoms with E-state index in [-0.39, 0.29) is 47.5 Å². The largest absolute Gasteiger partial charge is 0.488 e. The van der Waals surface area contributed by atoms with Gasteiger partial charge in [-0.2, -0.15) is 4.31 Å².